The van der Waals surface area contributed by atoms with E-state index in [2.05, 4.69) is 20.8 Å². The molecule has 0 aromatic heterocycles. The molecule has 0 saturated heterocycles. The highest BCUT2D eigenvalue weighted by atomic mass is 16.5. The van der Waals surface area contributed by atoms with Crippen molar-refractivity contribution in [2.75, 3.05) is 0 Å². The van der Waals surface area contributed by atoms with E-state index in [9.17, 15) is 4.79 Å². The predicted octanol–water partition coefficient (Wildman–Crippen LogP) is 4.92. The third kappa shape index (κ3) is 2.75. The molecule has 4 fully saturated rings. The molecular formula is C23H39NO2. The molecular weight excluding hydrogens is 322 g/mol. The van der Waals surface area contributed by atoms with E-state index in [1.807, 2.05) is 0 Å². The summed E-state index contributed by atoms with van der Waals surface area (Å²) < 4.78 is 5.59. The van der Waals surface area contributed by atoms with Gasteiger partial charge in [-0.3, -0.25) is 4.79 Å². The second-order valence-electron chi connectivity index (χ2n) is 10.8. The molecule has 0 radical (unpaired) electrons. The smallest absolute Gasteiger partial charge is 0.302 e. The summed E-state index contributed by atoms with van der Waals surface area (Å²) in [6.45, 7) is 8.95. The molecule has 0 aromatic rings. The Morgan fingerprint density at radius 3 is 2.38 bits per heavy atom. The van der Waals surface area contributed by atoms with E-state index in [0.717, 1.165) is 42.4 Å². The van der Waals surface area contributed by atoms with Gasteiger partial charge < -0.3 is 10.5 Å². The molecule has 0 aromatic carbocycles. The lowest BCUT2D eigenvalue weighted by molar-refractivity contribution is -0.160. The standard InChI is InChI=1S/C23H39NO2/c1-14(24)19-7-8-20-18-6-5-16-13-17(26-15(2)25)9-11-22(16,3)21(18)10-12-23(19,20)4/h14,16-21H,5-13,24H2,1-4H3/t14-,16+,17-,18+,19-,20+,21+,22+,23-/m1/s1. The minimum atomic E-state index is -0.103. The average Bonchev–Trinajstić information content (AvgIpc) is 2.92. The maximum Gasteiger partial charge on any atom is 0.302 e. The second kappa shape index (κ2) is 6.50. The van der Waals surface area contributed by atoms with Gasteiger partial charge in [-0.05, 0) is 105 Å². The van der Waals surface area contributed by atoms with Gasteiger partial charge in [0, 0.05) is 13.0 Å². The van der Waals surface area contributed by atoms with Crippen LogP contribution >= 0.6 is 0 Å². The molecule has 0 spiro atoms. The van der Waals surface area contributed by atoms with Crippen LogP contribution in [0.3, 0.4) is 0 Å². The van der Waals surface area contributed by atoms with Crippen LogP contribution in [0.2, 0.25) is 0 Å². The highest BCUT2D eigenvalue weighted by molar-refractivity contribution is 5.66. The molecule has 0 bridgehead atoms. The first-order chi connectivity index (χ1) is 12.3. The lowest BCUT2D eigenvalue weighted by Gasteiger charge is -2.61. The van der Waals surface area contributed by atoms with Crippen molar-refractivity contribution in [1.82, 2.24) is 0 Å². The maximum atomic E-state index is 11.4. The summed E-state index contributed by atoms with van der Waals surface area (Å²) in [5.41, 5.74) is 7.35. The van der Waals surface area contributed by atoms with Crippen molar-refractivity contribution >= 4 is 5.97 Å². The van der Waals surface area contributed by atoms with Gasteiger partial charge in [0.25, 0.3) is 0 Å². The predicted molar refractivity (Wildman–Crippen MR) is 104 cm³/mol. The van der Waals surface area contributed by atoms with Crippen molar-refractivity contribution in [2.45, 2.75) is 97.6 Å². The molecule has 4 aliphatic carbocycles. The number of carbonyl (C=O) groups is 1. The van der Waals surface area contributed by atoms with Crippen molar-refractivity contribution in [1.29, 1.82) is 0 Å². The van der Waals surface area contributed by atoms with Gasteiger partial charge >= 0.3 is 5.97 Å². The zero-order valence-corrected chi connectivity index (χ0v) is 17.3. The molecule has 0 amide bonds. The van der Waals surface area contributed by atoms with Crippen LogP contribution in [0, 0.1) is 40.4 Å². The van der Waals surface area contributed by atoms with Crippen LogP contribution in [-0.4, -0.2) is 18.1 Å². The number of hydrogen-bond acceptors (Lipinski definition) is 3. The van der Waals surface area contributed by atoms with Gasteiger partial charge in [-0.15, -0.1) is 0 Å². The van der Waals surface area contributed by atoms with Gasteiger partial charge in [0.1, 0.15) is 6.10 Å². The number of fused-ring (bicyclic) bond motifs is 5. The van der Waals surface area contributed by atoms with Gasteiger partial charge in [0.05, 0.1) is 0 Å². The average molecular weight is 362 g/mol. The molecule has 0 heterocycles. The fourth-order valence-corrected chi connectivity index (χ4v) is 8.46. The largest absolute Gasteiger partial charge is 0.463 e. The molecule has 4 rings (SSSR count). The Morgan fingerprint density at radius 1 is 1.00 bits per heavy atom. The SMILES string of the molecule is CC(=O)O[C@@H]1CC[C@@]2(C)[C@@H](CC[C@@H]3[C@@H]2CC[C@]2(C)[C@@H]([C@@H](C)N)CC[C@@H]32)C1. The molecule has 4 saturated carbocycles. The van der Waals surface area contributed by atoms with Crippen LogP contribution in [0.4, 0.5) is 0 Å². The normalized spacial score (nSPS) is 51.7. The quantitative estimate of drug-likeness (QED) is 0.710. The third-order valence-electron chi connectivity index (χ3n) is 9.66. The zero-order chi connectivity index (χ0) is 18.7. The highest BCUT2D eigenvalue weighted by Gasteiger charge is 2.60. The summed E-state index contributed by atoms with van der Waals surface area (Å²) >= 11 is 0. The van der Waals surface area contributed by atoms with Crippen LogP contribution in [0.25, 0.3) is 0 Å². The van der Waals surface area contributed by atoms with Crippen LogP contribution in [0.5, 0.6) is 0 Å². The van der Waals surface area contributed by atoms with E-state index < -0.39 is 0 Å². The van der Waals surface area contributed by atoms with Crippen LogP contribution in [0.15, 0.2) is 0 Å². The van der Waals surface area contributed by atoms with E-state index in [-0.39, 0.29) is 12.1 Å². The molecule has 4 aliphatic rings. The van der Waals surface area contributed by atoms with Crippen LogP contribution < -0.4 is 5.73 Å². The zero-order valence-electron chi connectivity index (χ0n) is 17.3. The van der Waals surface area contributed by atoms with Crippen molar-refractivity contribution < 1.29 is 9.53 Å². The minimum absolute atomic E-state index is 0.103. The summed E-state index contributed by atoms with van der Waals surface area (Å²) in [6.07, 6.45) is 11.8. The molecule has 9 atom stereocenters. The first-order valence-electron chi connectivity index (χ1n) is 11.2. The Morgan fingerprint density at radius 2 is 1.69 bits per heavy atom. The summed E-state index contributed by atoms with van der Waals surface area (Å²) in [7, 11) is 0. The molecule has 3 heteroatoms. The van der Waals surface area contributed by atoms with Crippen molar-refractivity contribution in [2.24, 2.45) is 46.2 Å². The van der Waals surface area contributed by atoms with Crippen molar-refractivity contribution in [3.8, 4) is 0 Å². The fraction of sp³-hybridized carbons (Fsp3) is 0.957. The van der Waals surface area contributed by atoms with E-state index in [1.165, 1.54) is 44.9 Å². The Hall–Kier alpha value is -0.570. The molecule has 0 unspecified atom stereocenters. The fourth-order valence-electron chi connectivity index (χ4n) is 8.46. The second-order valence-corrected chi connectivity index (χ2v) is 10.8. The lowest BCUT2D eigenvalue weighted by Crippen LogP contribution is -2.55. The lowest BCUT2D eigenvalue weighted by atomic mass is 9.44. The number of ether oxygens (including phenoxy) is 1. The van der Waals surface area contributed by atoms with Gasteiger partial charge in [-0.25, -0.2) is 0 Å². The van der Waals surface area contributed by atoms with Gasteiger partial charge in [0.2, 0.25) is 0 Å². The number of carbonyl (C=O) groups excluding carboxylic acids is 1. The highest BCUT2D eigenvalue weighted by Crippen LogP contribution is 2.67. The molecule has 2 N–H and O–H groups in total. The minimum Gasteiger partial charge on any atom is -0.463 e. The topological polar surface area (TPSA) is 52.3 Å². The van der Waals surface area contributed by atoms with E-state index in [1.54, 1.807) is 6.92 Å². The monoisotopic (exact) mass is 361 g/mol. The molecule has 148 valence electrons. The number of hydrogen-bond donors (Lipinski definition) is 1. The third-order valence-corrected chi connectivity index (χ3v) is 9.66. The van der Waals surface area contributed by atoms with Crippen LogP contribution in [0.1, 0.15) is 85.5 Å². The summed E-state index contributed by atoms with van der Waals surface area (Å²) in [4.78, 5) is 11.4. The Kier molecular flexibility index (Phi) is 4.69. The van der Waals surface area contributed by atoms with E-state index >= 15 is 0 Å². The van der Waals surface area contributed by atoms with Gasteiger partial charge in [-0.1, -0.05) is 13.8 Å². The maximum absolute atomic E-state index is 11.4. The summed E-state index contributed by atoms with van der Waals surface area (Å²) in [5.74, 6) is 4.04. The van der Waals surface area contributed by atoms with Crippen molar-refractivity contribution in [3.63, 3.8) is 0 Å². The van der Waals surface area contributed by atoms with Crippen molar-refractivity contribution in [3.05, 3.63) is 0 Å². The first kappa shape index (κ1) is 18.8. The first-order valence-corrected chi connectivity index (χ1v) is 11.2. The Bertz CT molecular complexity index is 560. The molecule has 26 heavy (non-hydrogen) atoms. The van der Waals surface area contributed by atoms with Gasteiger partial charge in [-0.2, -0.15) is 0 Å². The number of nitrogens with two attached hydrogens (primary N) is 1. The van der Waals surface area contributed by atoms with E-state index in [0.29, 0.717) is 16.9 Å². The Balaban J connectivity index is 1.53. The Labute approximate surface area is 159 Å². The van der Waals surface area contributed by atoms with E-state index in [4.69, 9.17) is 10.5 Å². The van der Waals surface area contributed by atoms with Crippen LogP contribution in [-0.2, 0) is 9.53 Å². The summed E-state index contributed by atoms with van der Waals surface area (Å²) in [5, 5.41) is 0. The number of rotatable bonds is 2. The number of esters is 1. The molecule has 0 aliphatic heterocycles. The molecule has 3 nitrogen and oxygen atoms in total. The van der Waals surface area contributed by atoms with Gasteiger partial charge in [0.15, 0.2) is 0 Å². The summed E-state index contributed by atoms with van der Waals surface area (Å²) in [6, 6.07) is 0.340.